The Kier molecular flexibility index (Phi) is 4.31. The maximum absolute atomic E-state index is 12.3. The first-order valence-corrected chi connectivity index (χ1v) is 8.64. The lowest BCUT2D eigenvalue weighted by Crippen LogP contribution is -2.35. The van der Waals surface area contributed by atoms with Crippen molar-refractivity contribution in [3.63, 3.8) is 0 Å². The van der Waals surface area contributed by atoms with E-state index in [1.54, 1.807) is 12.4 Å². The number of hydrogen-bond acceptors (Lipinski definition) is 6. The number of hydrogen-bond donors (Lipinski definition) is 1. The van der Waals surface area contributed by atoms with Crippen molar-refractivity contribution in [3.8, 4) is 6.07 Å². The van der Waals surface area contributed by atoms with Crippen LogP contribution in [0.1, 0.15) is 16.3 Å². The summed E-state index contributed by atoms with van der Waals surface area (Å²) in [5.41, 5.74) is 1.55. The zero-order valence-corrected chi connectivity index (χ0v) is 14.5. The summed E-state index contributed by atoms with van der Waals surface area (Å²) in [6.07, 6.45) is 5.37. The fourth-order valence-electron chi connectivity index (χ4n) is 3.77. The second-order valence-electron chi connectivity index (χ2n) is 6.79. The fraction of sp³-hybridized carbons (Fsp3) is 0.444. The van der Waals surface area contributed by atoms with E-state index in [9.17, 15) is 4.79 Å². The second-order valence-corrected chi connectivity index (χ2v) is 6.79. The minimum absolute atomic E-state index is 0.0590. The third-order valence-electron chi connectivity index (χ3n) is 5.24. The fourth-order valence-corrected chi connectivity index (χ4v) is 3.77. The van der Waals surface area contributed by atoms with Crippen molar-refractivity contribution in [2.24, 2.45) is 18.9 Å². The standard InChI is InChI=1S/C18H20N6O2/c1-23-4-2-3-15(23)18(25)22-6-12-11-26-16-10-24(9-14(12)16)13-7-20-17(5-19)21-8-13/h2-4,7-8,12,14,16H,6,9-11H2,1H3,(H,22,25)/t12-,14+,16+/m0/s1. The number of nitrogens with one attached hydrogen (secondary N) is 1. The number of aryl methyl sites for hydroxylation is 1. The maximum atomic E-state index is 12.3. The lowest BCUT2D eigenvalue weighted by atomic mass is 9.93. The highest BCUT2D eigenvalue weighted by molar-refractivity contribution is 5.92. The van der Waals surface area contributed by atoms with Gasteiger partial charge in [-0.25, -0.2) is 9.97 Å². The Morgan fingerprint density at radius 2 is 2.23 bits per heavy atom. The summed E-state index contributed by atoms with van der Waals surface area (Å²) in [6.45, 7) is 2.89. The first kappa shape index (κ1) is 16.5. The Labute approximate surface area is 151 Å². The predicted molar refractivity (Wildman–Crippen MR) is 93.4 cm³/mol. The number of nitriles is 1. The summed E-state index contributed by atoms with van der Waals surface area (Å²) in [7, 11) is 1.86. The average Bonchev–Trinajstić information content (AvgIpc) is 3.36. The number of amides is 1. The molecule has 2 saturated heterocycles. The molecule has 2 aromatic rings. The number of nitrogens with zero attached hydrogens (tertiary/aromatic N) is 5. The number of carbonyl (C=O) groups is 1. The molecule has 0 radical (unpaired) electrons. The molecule has 0 bridgehead atoms. The van der Waals surface area contributed by atoms with Gasteiger partial charge in [0.15, 0.2) is 0 Å². The van der Waals surface area contributed by atoms with Crippen molar-refractivity contribution in [2.45, 2.75) is 6.10 Å². The van der Waals surface area contributed by atoms with Crippen LogP contribution in [0.2, 0.25) is 0 Å². The number of aromatic nitrogens is 3. The van der Waals surface area contributed by atoms with Gasteiger partial charge in [0.2, 0.25) is 5.82 Å². The van der Waals surface area contributed by atoms with Gasteiger partial charge < -0.3 is 19.5 Å². The largest absolute Gasteiger partial charge is 0.376 e. The smallest absolute Gasteiger partial charge is 0.267 e. The van der Waals surface area contributed by atoms with E-state index in [1.807, 2.05) is 36.0 Å². The quantitative estimate of drug-likeness (QED) is 0.864. The summed E-state index contributed by atoms with van der Waals surface area (Å²) >= 11 is 0. The van der Waals surface area contributed by atoms with Crippen LogP contribution in [0.15, 0.2) is 30.7 Å². The van der Waals surface area contributed by atoms with Gasteiger partial charge in [0.25, 0.3) is 5.91 Å². The molecule has 0 spiro atoms. The number of anilines is 1. The Balaban J connectivity index is 1.36. The molecule has 26 heavy (non-hydrogen) atoms. The van der Waals surface area contributed by atoms with Crippen molar-refractivity contribution >= 4 is 11.6 Å². The highest BCUT2D eigenvalue weighted by atomic mass is 16.5. The second kappa shape index (κ2) is 6.77. The molecule has 1 N–H and O–H groups in total. The van der Waals surface area contributed by atoms with E-state index < -0.39 is 0 Å². The van der Waals surface area contributed by atoms with Gasteiger partial charge in [-0.05, 0) is 12.1 Å². The molecule has 4 heterocycles. The van der Waals surface area contributed by atoms with Gasteiger partial charge in [0.05, 0.1) is 30.8 Å². The third-order valence-corrected chi connectivity index (χ3v) is 5.24. The van der Waals surface area contributed by atoms with Crippen LogP contribution in [0, 0.1) is 23.2 Å². The van der Waals surface area contributed by atoms with Gasteiger partial charge in [0, 0.05) is 44.7 Å². The van der Waals surface area contributed by atoms with Gasteiger partial charge in [-0.15, -0.1) is 0 Å². The van der Waals surface area contributed by atoms with E-state index in [4.69, 9.17) is 10.00 Å². The molecule has 8 heteroatoms. The Hall–Kier alpha value is -2.92. The lowest BCUT2D eigenvalue weighted by Gasteiger charge is -2.21. The number of fused-ring (bicyclic) bond motifs is 1. The molecule has 2 aliphatic heterocycles. The monoisotopic (exact) mass is 352 g/mol. The Morgan fingerprint density at radius 3 is 2.92 bits per heavy atom. The Morgan fingerprint density at radius 1 is 1.42 bits per heavy atom. The minimum atomic E-state index is -0.0590. The summed E-state index contributed by atoms with van der Waals surface area (Å²) in [5, 5.41) is 11.8. The minimum Gasteiger partial charge on any atom is -0.376 e. The van der Waals surface area contributed by atoms with Gasteiger partial charge in [-0.2, -0.15) is 5.26 Å². The molecule has 8 nitrogen and oxygen atoms in total. The van der Waals surface area contributed by atoms with Crippen LogP contribution in [0.5, 0.6) is 0 Å². The lowest BCUT2D eigenvalue weighted by molar-refractivity contribution is 0.0932. The maximum Gasteiger partial charge on any atom is 0.267 e. The normalized spacial score (nSPS) is 24.3. The van der Waals surface area contributed by atoms with Crippen molar-refractivity contribution in [3.05, 3.63) is 42.2 Å². The molecule has 4 rings (SSSR count). The van der Waals surface area contributed by atoms with E-state index in [-0.39, 0.29) is 23.8 Å². The van der Waals surface area contributed by atoms with Crippen molar-refractivity contribution < 1.29 is 9.53 Å². The van der Waals surface area contributed by atoms with Crippen molar-refractivity contribution in [1.29, 1.82) is 5.26 Å². The number of rotatable bonds is 4. The summed E-state index contributed by atoms with van der Waals surface area (Å²) in [6, 6.07) is 5.60. The van der Waals surface area contributed by atoms with Gasteiger partial charge in [-0.3, -0.25) is 4.79 Å². The van der Waals surface area contributed by atoms with Crippen LogP contribution in [0.3, 0.4) is 0 Å². The number of ether oxygens (including phenoxy) is 1. The topological polar surface area (TPSA) is 96.1 Å². The highest BCUT2D eigenvalue weighted by Gasteiger charge is 2.44. The van der Waals surface area contributed by atoms with E-state index in [0.717, 1.165) is 18.8 Å². The zero-order chi connectivity index (χ0) is 18.1. The molecule has 1 amide bonds. The Bertz CT molecular complexity index is 840. The molecule has 2 fully saturated rings. The van der Waals surface area contributed by atoms with Crippen LogP contribution in [0.25, 0.3) is 0 Å². The predicted octanol–water partition coefficient (Wildman–Crippen LogP) is 0.568. The van der Waals surface area contributed by atoms with Crippen LogP contribution in [0.4, 0.5) is 5.69 Å². The molecular weight excluding hydrogens is 332 g/mol. The first-order chi connectivity index (χ1) is 12.7. The molecule has 0 saturated carbocycles. The SMILES string of the molecule is Cn1cccc1C(=O)NC[C@H]1CO[C@@H]2CN(c3cnc(C#N)nc3)C[C@H]12. The molecular formula is C18H20N6O2. The van der Waals surface area contributed by atoms with Crippen LogP contribution >= 0.6 is 0 Å². The van der Waals surface area contributed by atoms with Crippen LogP contribution in [-0.2, 0) is 11.8 Å². The van der Waals surface area contributed by atoms with Crippen molar-refractivity contribution in [2.75, 3.05) is 31.1 Å². The van der Waals surface area contributed by atoms with Gasteiger partial charge in [0.1, 0.15) is 11.8 Å². The van der Waals surface area contributed by atoms with Gasteiger partial charge in [-0.1, -0.05) is 0 Å². The first-order valence-electron chi connectivity index (χ1n) is 8.64. The van der Waals surface area contributed by atoms with E-state index in [0.29, 0.717) is 24.8 Å². The zero-order valence-electron chi connectivity index (χ0n) is 14.5. The van der Waals surface area contributed by atoms with E-state index in [2.05, 4.69) is 20.2 Å². The molecule has 0 unspecified atom stereocenters. The van der Waals surface area contributed by atoms with E-state index in [1.165, 1.54) is 0 Å². The van der Waals surface area contributed by atoms with E-state index >= 15 is 0 Å². The van der Waals surface area contributed by atoms with Crippen LogP contribution in [-0.4, -0.2) is 52.8 Å². The molecule has 2 aromatic heterocycles. The van der Waals surface area contributed by atoms with Crippen LogP contribution < -0.4 is 10.2 Å². The third kappa shape index (κ3) is 3.02. The average molecular weight is 352 g/mol. The molecule has 3 atom stereocenters. The molecule has 0 aliphatic carbocycles. The van der Waals surface area contributed by atoms with Gasteiger partial charge >= 0.3 is 0 Å². The summed E-state index contributed by atoms with van der Waals surface area (Å²) in [5.74, 6) is 0.759. The number of carbonyl (C=O) groups excluding carboxylic acids is 1. The summed E-state index contributed by atoms with van der Waals surface area (Å²) < 4.78 is 7.75. The van der Waals surface area contributed by atoms with Crippen molar-refractivity contribution in [1.82, 2.24) is 19.9 Å². The highest BCUT2D eigenvalue weighted by Crippen LogP contribution is 2.35. The molecule has 2 aliphatic rings. The molecule has 0 aromatic carbocycles. The summed E-state index contributed by atoms with van der Waals surface area (Å²) in [4.78, 5) is 22.6. The molecule has 134 valence electrons.